The van der Waals surface area contributed by atoms with Crippen molar-refractivity contribution in [2.45, 2.75) is 18.5 Å². The molecule has 4 nitrogen and oxygen atoms in total. The third-order valence-electron chi connectivity index (χ3n) is 3.09. The highest BCUT2D eigenvalue weighted by molar-refractivity contribution is 7.99. The van der Waals surface area contributed by atoms with E-state index in [0.717, 1.165) is 34.4 Å². The maximum atomic E-state index is 13.2. The number of thioether (sulfide) groups is 1. The maximum absolute atomic E-state index is 13.2. The highest BCUT2D eigenvalue weighted by atomic mass is 32.2. The molecule has 0 N–H and O–H groups in total. The second kappa shape index (κ2) is 6.70. The van der Waals surface area contributed by atoms with Crippen LogP contribution in [0.4, 0.5) is 4.39 Å². The second-order valence-corrected chi connectivity index (χ2v) is 5.76. The predicted octanol–water partition coefficient (Wildman–Crippen LogP) is 3.97. The first kappa shape index (κ1) is 14.7. The van der Waals surface area contributed by atoms with Crippen molar-refractivity contribution < 1.29 is 4.39 Å². The number of hydrogen-bond acceptors (Lipinski definition) is 4. The van der Waals surface area contributed by atoms with Gasteiger partial charge in [-0.15, -0.1) is 10.2 Å². The number of pyridine rings is 1. The zero-order chi connectivity index (χ0) is 15.4. The molecule has 0 aliphatic heterocycles. The second-order valence-electron chi connectivity index (χ2n) is 4.70. The van der Waals surface area contributed by atoms with Crippen molar-refractivity contribution in [2.75, 3.05) is 5.75 Å². The Hall–Kier alpha value is -2.21. The van der Waals surface area contributed by atoms with Gasteiger partial charge in [-0.2, -0.15) is 0 Å². The lowest BCUT2D eigenvalue weighted by molar-refractivity contribution is 0.627. The van der Waals surface area contributed by atoms with E-state index in [2.05, 4.69) is 22.1 Å². The van der Waals surface area contributed by atoms with Crippen molar-refractivity contribution in [1.29, 1.82) is 0 Å². The number of rotatable bonds is 5. The molecule has 0 saturated carbocycles. The van der Waals surface area contributed by atoms with Gasteiger partial charge in [0.25, 0.3) is 0 Å². The molecule has 3 aromatic rings. The first-order valence-electron chi connectivity index (χ1n) is 7.04. The third kappa shape index (κ3) is 3.01. The van der Waals surface area contributed by atoms with Gasteiger partial charge in [0.15, 0.2) is 11.0 Å². The fourth-order valence-electron chi connectivity index (χ4n) is 2.07. The minimum Gasteiger partial charge on any atom is -0.270 e. The van der Waals surface area contributed by atoms with Gasteiger partial charge >= 0.3 is 0 Å². The molecule has 6 heteroatoms. The Labute approximate surface area is 132 Å². The van der Waals surface area contributed by atoms with E-state index in [1.165, 1.54) is 12.1 Å². The molecule has 0 unspecified atom stereocenters. The summed E-state index contributed by atoms with van der Waals surface area (Å²) in [5.41, 5.74) is 1.77. The SMILES string of the molecule is CCCSc1nnc(-c2ccncc2)n1-c1ccc(F)cc1. The van der Waals surface area contributed by atoms with Crippen molar-refractivity contribution in [3.63, 3.8) is 0 Å². The van der Waals surface area contributed by atoms with Gasteiger partial charge in [-0.05, 0) is 42.8 Å². The van der Waals surface area contributed by atoms with Crippen molar-refractivity contribution >= 4 is 11.8 Å². The monoisotopic (exact) mass is 314 g/mol. The fraction of sp³-hybridized carbons (Fsp3) is 0.188. The zero-order valence-corrected chi connectivity index (χ0v) is 12.9. The molecule has 0 amide bonds. The van der Waals surface area contributed by atoms with Crippen LogP contribution in [0.1, 0.15) is 13.3 Å². The Morgan fingerprint density at radius 1 is 1.05 bits per heavy atom. The summed E-state index contributed by atoms with van der Waals surface area (Å²) in [6, 6.07) is 10.1. The summed E-state index contributed by atoms with van der Waals surface area (Å²) in [4.78, 5) is 4.03. The lowest BCUT2D eigenvalue weighted by Crippen LogP contribution is -2.00. The van der Waals surface area contributed by atoms with Gasteiger partial charge in [0.05, 0.1) is 0 Å². The molecule has 0 fully saturated rings. The third-order valence-corrected chi connectivity index (χ3v) is 4.23. The minimum absolute atomic E-state index is 0.259. The van der Waals surface area contributed by atoms with Crippen LogP contribution in [0.5, 0.6) is 0 Å². The molecule has 2 heterocycles. The first-order valence-corrected chi connectivity index (χ1v) is 8.02. The van der Waals surface area contributed by atoms with E-state index >= 15 is 0 Å². The quantitative estimate of drug-likeness (QED) is 0.668. The van der Waals surface area contributed by atoms with Crippen LogP contribution in [0.15, 0.2) is 53.9 Å². The predicted molar refractivity (Wildman–Crippen MR) is 85.6 cm³/mol. The number of halogens is 1. The standard InChI is InChI=1S/C16H15FN4S/c1-2-11-22-16-20-19-15(12-7-9-18-10-8-12)21(16)14-5-3-13(17)4-6-14/h3-10H,2,11H2,1H3. The summed E-state index contributed by atoms with van der Waals surface area (Å²) in [7, 11) is 0. The van der Waals surface area contributed by atoms with Crippen LogP contribution in [-0.2, 0) is 0 Å². The average Bonchev–Trinajstić information content (AvgIpc) is 2.98. The number of hydrogen-bond donors (Lipinski definition) is 0. The zero-order valence-electron chi connectivity index (χ0n) is 12.1. The summed E-state index contributed by atoms with van der Waals surface area (Å²) in [6.45, 7) is 2.12. The molecule has 0 atom stereocenters. The number of benzene rings is 1. The Morgan fingerprint density at radius 3 is 2.45 bits per heavy atom. The van der Waals surface area contributed by atoms with Gasteiger partial charge in [0, 0.05) is 29.4 Å². The van der Waals surface area contributed by atoms with Crippen molar-refractivity contribution in [3.05, 3.63) is 54.6 Å². The molecular formula is C16H15FN4S. The normalized spacial score (nSPS) is 10.8. The highest BCUT2D eigenvalue weighted by Gasteiger charge is 2.15. The van der Waals surface area contributed by atoms with Crippen LogP contribution in [0.25, 0.3) is 17.1 Å². The smallest absolute Gasteiger partial charge is 0.196 e. The molecule has 112 valence electrons. The topological polar surface area (TPSA) is 43.6 Å². The van der Waals surface area contributed by atoms with Crippen LogP contribution < -0.4 is 0 Å². The maximum Gasteiger partial charge on any atom is 0.196 e. The molecule has 1 aromatic carbocycles. The molecule has 0 bridgehead atoms. The lowest BCUT2D eigenvalue weighted by Gasteiger charge is -2.10. The Morgan fingerprint density at radius 2 is 1.77 bits per heavy atom. The van der Waals surface area contributed by atoms with Gasteiger partial charge < -0.3 is 0 Å². The molecule has 2 aromatic heterocycles. The van der Waals surface area contributed by atoms with E-state index in [1.54, 1.807) is 36.3 Å². The number of aromatic nitrogens is 4. The molecule has 0 radical (unpaired) electrons. The molecule has 0 spiro atoms. The molecule has 3 rings (SSSR count). The summed E-state index contributed by atoms with van der Waals surface area (Å²) in [6.07, 6.45) is 4.49. The van der Waals surface area contributed by atoms with Crippen LogP contribution in [-0.4, -0.2) is 25.5 Å². The van der Waals surface area contributed by atoms with Crippen LogP contribution in [0.3, 0.4) is 0 Å². The van der Waals surface area contributed by atoms with Gasteiger partial charge in [0.1, 0.15) is 5.82 Å². The minimum atomic E-state index is -0.259. The highest BCUT2D eigenvalue weighted by Crippen LogP contribution is 2.27. The van der Waals surface area contributed by atoms with Crippen LogP contribution >= 0.6 is 11.8 Å². The molecule has 0 aliphatic rings. The van der Waals surface area contributed by atoms with E-state index < -0.39 is 0 Å². The van der Waals surface area contributed by atoms with Gasteiger partial charge in [-0.3, -0.25) is 9.55 Å². The van der Waals surface area contributed by atoms with E-state index in [1.807, 2.05) is 16.7 Å². The van der Waals surface area contributed by atoms with Crippen molar-refractivity contribution in [1.82, 2.24) is 19.7 Å². The van der Waals surface area contributed by atoms with E-state index in [-0.39, 0.29) is 5.82 Å². The molecule has 22 heavy (non-hydrogen) atoms. The van der Waals surface area contributed by atoms with E-state index in [0.29, 0.717) is 0 Å². The molecule has 0 saturated heterocycles. The lowest BCUT2D eigenvalue weighted by atomic mass is 10.2. The number of nitrogens with zero attached hydrogens (tertiary/aromatic N) is 4. The van der Waals surface area contributed by atoms with E-state index in [4.69, 9.17) is 0 Å². The van der Waals surface area contributed by atoms with Crippen molar-refractivity contribution in [3.8, 4) is 17.1 Å². The first-order chi connectivity index (χ1) is 10.8. The van der Waals surface area contributed by atoms with Crippen molar-refractivity contribution in [2.24, 2.45) is 0 Å². The van der Waals surface area contributed by atoms with Crippen LogP contribution in [0.2, 0.25) is 0 Å². The molecule has 0 aliphatic carbocycles. The average molecular weight is 314 g/mol. The van der Waals surface area contributed by atoms with Crippen LogP contribution in [0, 0.1) is 5.82 Å². The Bertz CT molecular complexity index is 741. The summed E-state index contributed by atoms with van der Waals surface area (Å²) >= 11 is 1.64. The fourth-order valence-corrected chi connectivity index (χ4v) is 2.87. The summed E-state index contributed by atoms with van der Waals surface area (Å²) in [5, 5.41) is 9.41. The van der Waals surface area contributed by atoms with E-state index in [9.17, 15) is 4.39 Å². The Balaban J connectivity index is 2.11. The van der Waals surface area contributed by atoms with Gasteiger partial charge in [-0.1, -0.05) is 18.7 Å². The largest absolute Gasteiger partial charge is 0.270 e. The summed E-state index contributed by atoms with van der Waals surface area (Å²) in [5.74, 6) is 1.42. The van der Waals surface area contributed by atoms with Gasteiger partial charge in [0.2, 0.25) is 0 Å². The Kier molecular flexibility index (Phi) is 4.48. The van der Waals surface area contributed by atoms with Gasteiger partial charge in [-0.25, -0.2) is 4.39 Å². The molecular weight excluding hydrogens is 299 g/mol. The summed E-state index contributed by atoms with van der Waals surface area (Å²) < 4.78 is 15.2.